The van der Waals surface area contributed by atoms with Crippen LogP contribution in [-0.4, -0.2) is 5.11 Å². The van der Waals surface area contributed by atoms with Gasteiger partial charge in [0.05, 0.1) is 0 Å². The fraction of sp³-hybridized carbons (Fsp3) is 0.882. The van der Waals surface area contributed by atoms with Gasteiger partial charge in [-0.25, -0.2) is 0 Å². The molecule has 2 fully saturated rings. The molecule has 0 aromatic heterocycles. The van der Waals surface area contributed by atoms with Crippen LogP contribution in [-0.2, 0) is 17.9 Å². The summed E-state index contributed by atoms with van der Waals surface area (Å²) < 4.78 is 0. The quantitative estimate of drug-likeness (QED) is 0.428. The molecule has 0 saturated heterocycles. The first kappa shape index (κ1) is 20.8. The van der Waals surface area contributed by atoms with E-state index in [0.29, 0.717) is 0 Å². The van der Waals surface area contributed by atoms with E-state index < -0.39 is 0 Å². The summed E-state index contributed by atoms with van der Waals surface area (Å²) in [5, 5.41) is 3.18. The molecule has 1 heteroatoms. The Kier molecular flexibility index (Phi) is 20.2. The summed E-state index contributed by atoms with van der Waals surface area (Å²) in [5.74, 6) is 2.19. The van der Waals surface area contributed by atoms with Crippen molar-refractivity contribution in [3.8, 4) is 0 Å². The molecule has 0 aliphatic heterocycles. The third-order valence-electron chi connectivity index (χ3n) is 4.10. The van der Waals surface area contributed by atoms with Crippen LogP contribution in [0.5, 0.6) is 0 Å². The Labute approximate surface area is 127 Å². The molecule has 2 rings (SSSR count). The first-order chi connectivity index (χ1) is 8.86. The molecule has 0 bridgehead atoms. The van der Waals surface area contributed by atoms with Crippen LogP contribution >= 0.6 is 0 Å². The van der Waals surface area contributed by atoms with Crippen molar-refractivity contribution in [2.45, 2.75) is 85.0 Å². The van der Waals surface area contributed by atoms with Crippen LogP contribution in [0, 0.1) is 18.8 Å². The minimum absolute atomic E-state index is 1.10. The van der Waals surface area contributed by atoms with Crippen LogP contribution < -0.4 is 0 Å². The van der Waals surface area contributed by atoms with Crippen molar-refractivity contribution >= 4 is 5.11 Å². The van der Waals surface area contributed by atoms with E-state index >= 15 is 0 Å². The second-order valence-electron chi connectivity index (χ2n) is 5.12. The Bertz CT molecular complexity index is 117. The average molecular weight is 341 g/mol. The Morgan fingerprint density at radius 3 is 1.11 bits per heavy atom. The first-order valence-electron chi connectivity index (χ1n) is 7.82. The molecule has 18 heavy (non-hydrogen) atoms. The van der Waals surface area contributed by atoms with Crippen LogP contribution in [0.2, 0.25) is 0 Å². The standard InChI is InChI=1S/2C7H14.C2H5.CH2.Ru/c2*1-2-7-5-3-4-6-7;1-2;;/h2*7H,2-6H2,1H3;1H2,2H3;1H2;/q;;-1;;+1. The molecule has 2 aliphatic carbocycles. The van der Waals surface area contributed by atoms with Crippen molar-refractivity contribution in [2.24, 2.45) is 11.8 Å². The van der Waals surface area contributed by atoms with Crippen molar-refractivity contribution < 1.29 is 17.9 Å². The molecular formula is C17H35Ru. The monoisotopic (exact) mass is 341 g/mol. The minimum atomic E-state index is 1.10. The number of hydrogen-bond acceptors (Lipinski definition) is 0. The Balaban J connectivity index is 0. The van der Waals surface area contributed by atoms with E-state index in [0.717, 1.165) is 11.8 Å². The normalized spacial score (nSPS) is 18.9. The Hall–Kier alpha value is 0.493. The zero-order chi connectivity index (χ0) is 14.2. The molecule has 0 radical (unpaired) electrons. The molecule has 0 spiro atoms. The van der Waals surface area contributed by atoms with Crippen molar-refractivity contribution in [3.05, 3.63) is 6.92 Å². The van der Waals surface area contributed by atoms with Crippen LogP contribution in [0.4, 0.5) is 0 Å². The molecule has 2 saturated carbocycles. The molecule has 0 aromatic rings. The predicted octanol–water partition coefficient (Wildman–Crippen LogP) is 5.98. The molecule has 0 heterocycles. The van der Waals surface area contributed by atoms with Gasteiger partial charge in [0.2, 0.25) is 0 Å². The third-order valence-corrected chi connectivity index (χ3v) is 4.10. The van der Waals surface area contributed by atoms with Crippen molar-refractivity contribution in [1.82, 2.24) is 0 Å². The van der Waals surface area contributed by atoms with Gasteiger partial charge in [-0.05, 0) is 11.8 Å². The second kappa shape index (κ2) is 17.5. The summed E-state index contributed by atoms with van der Waals surface area (Å²) in [4.78, 5) is 0. The molecule has 111 valence electrons. The van der Waals surface area contributed by atoms with Gasteiger partial charge in [0.25, 0.3) is 0 Å². The van der Waals surface area contributed by atoms with Gasteiger partial charge >= 0.3 is 23.0 Å². The Morgan fingerprint density at radius 2 is 1.00 bits per heavy atom. The van der Waals surface area contributed by atoms with Crippen LogP contribution in [0.1, 0.15) is 85.0 Å². The molecule has 0 N–H and O–H groups in total. The van der Waals surface area contributed by atoms with Gasteiger partial charge in [0.1, 0.15) is 0 Å². The SMILES string of the molecule is CCC1CCCC1.CCC1CCCC1.[CH2-]C.[CH2]=[Ru+]. The van der Waals surface area contributed by atoms with E-state index in [4.69, 9.17) is 0 Å². The summed E-state index contributed by atoms with van der Waals surface area (Å²) in [6, 6.07) is 0. The van der Waals surface area contributed by atoms with Gasteiger partial charge in [-0.1, -0.05) is 78.1 Å². The molecular weight excluding hydrogens is 305 g/mol. The van der Waals surface area contributed by atoms with Gasteiger partial charge in [-0.15, -0.1) is 0 Å². The summed E-state index contributed by atoms with van der Waals surface area (Å²) in [5.41, 5.74) is 0. The Morgan fingerprint density at radius 1 is 0.778 bits per heavy atom. The van der Waals surface area contributed by atoms with Crippen LogP contribution in [0.25, 0.3) is 0 Å². The first-order valence-corrected chi connectivity index (χ1v) is 9.05. The maximum absolute atomic E-state index is 3.25. The van der Waals surface area contributed by atoms with E-state index in [-0.39, 0.29) is 0 Å². The topological polar surface area (TPSA) is 0 Å². The van der Waals surface area contributed by atoms with E-state index in [1.165, 1.54) is 64.2 Å². The number of rotatable bonds is 2. The van der Waals surface area contributed by atoms with E-state index in [9.17, 15) is 0 Å². The summed E-state index contributed by atoms with van der Waals surface area (Å²) in [6.45, 7) is 9.60. The van der Waals surface area contributed by atoms with Crippen LogP contribution in [0.15, 0.2) is 0 Å². The zero-order valence-corrected chi connectivity index (χ0v) is 14.7. The van der Waals surface area contributed by atoms with Gasteiger partial charge in [-0.3, -0.25) is 0 Å². The summed E-state index contributed by atoms with van der Waals surface area (Å²) in [6.07, 6.45) is 14.9. The van der Waals surface area contributed by atoms with Crippen LogP contribution in [0.3, 0.4) is 0 Å². The van der Waals surface area contributed by atoms with Crippen molar-refractivity contribution in [1.29, 1.82) is 0 Å². The number of hydrogen-bond donors (Lipinski definition) is 0. The molecule has 0 aromatic carbocycles. The molecule has 0 nitrogen and oxygen atoms in total. The van der Waals surface area contributed by atoms with E-state index in [1.54, 1.807) is 6.92 Å². The van der Waals surface area contributed by atoms with Gasteiger partial charge in [0.15, 0.2) is 0 Å². The van der Waals surface area contributed by atoms with Crippen molar-refractivity contribution in [3.63, 3.8) is 0 Å². The van der Waals surface area contributed by atoms with Gasteiger partial charge in [-0.2, -0.15) is 6.92 Å². The third kappa shape index (κ3) is 11.6. The average Bonchev–Trinajstić information content (AvgIpc) is 3.17. The van der Waals surface area contributed by atoms with Gasteiger partial charge < -0.3 is 6.92 Å². The van der Waals surface area contributed by atoms with E-state index in [1.807, 2.05) is 0 Å². The molecule has 0 unspecified atom stereocenters. The molecule has 0 atom stereocenters. The second-order valence-corrected chi connectivity index (χ2v) is 5.12. The van der Waals surface area contributed by atoms with Crippen molar-refractivity contribution in [2.75, 3.05) is 0 Å². The van der Waals surface area contributed by atoms with Gasteiger partial charge in [0, 0.05) is 0 Å². The predicted molar refractivity (Wildman–Crippen MR) is 82.7 cm³/mol. The maximum atomic E-state index is 3.25. The molecule has 0 amide bonds. The fourth-order valence-electron chi connectivity index (χ4n) is 2.84. The zero-order valence-electron chi connectivity index (χ0n) is 13.0. The fourth-order valence-corrected chi connectivity index (χ4v) is 2.84. The summed E-state index contributed by atoms with van der Waals surface area (Å²) >= 11 is 2.10. The summed E-state index contributed by atoms with van der Waals surface area (Å²) in [7, 11) is 0. The molecule has 2 aliphatic rings. The van der Waals surface area contributed by atoms with E-state index in [2.05, 4.69) is 43.7 Å².